The van der Waals surface area contributed by atoms with Crippen LogP contribution < -0.4 is 5.32 Å². The molecule has 1 N–H and O–H groups in total. The molecule has 0 aromatic carbocycles. The van der Waals surface area contributed by atoms with Gasteiger partial charge < -0.3 is 19.5 Å². The van der Waals surface area contributed by atoms with Crippen molar-refractivity contribution in [3.05, 3.63) is 23.7 Å². The smallest absolute Gasteiger partial charge is 0.318 e. The summed E-state index contributed by atoms with van der Waals surface area (Å²) in [7, 11) is 3.36. The predicted molar refractivity (Wildman–Crippen MR) is 95.2 cm³/mol. The van der Waals surface area contributed by atoms with Crippen LogP contribution in [0.25, 0.3) is 0 Å². The van der Waals surface area contributed by atoms with Gasteiger partial charge in [0, 0.05) is 26.7 Å². The topological polar surface area (TPSA) is 65.8 Å². The van der Waals surface area contributed by atoms with E-state index in [4.69, 9.17) is 4.42 Å². The summed E-state index contributed by atoms with van der Waals surface area (Å²) < 4.78 is 5.53. The Hall–Kier alpha value is -1.98. The Labute approximate surface area is 149 Å². The van der Waals surface area contributed by atoms with E-state index in [-0.39, 0.29) is 22.8 Å². The number of likely N-dealkylation sites (tertiary alicyclic amines) is 1. The number of urea groups is 1. The first-order valence-electron chi connectivity index (χ1n) is 8.93. The summed E-state index contributed by atoms with van der Waals surface area (Å²) in [5.74, 6) is 0.703. The van der Waals surface area contributed by atoms with Crippen LogP contribution in [-0.4, -0.2) is 48.4 Å². The minimum atomic E-state index is -0.180. The van der Waals surface area contributed by atoms with Crippen LogP contribution in [-0.2, 0) is 6.54 Å². The highest BCUT2D eigenvalue weighted by Crippen LogP contribution is 2.52. The van der Waals surface area contributed by atoms with Crippen LogP contribution in [0.4, 0.5) is 4.79 Å². The van der Waals surface area contributed by atoms with E-state index in [9.17, 15) is 9.59 Å². The summed E-state index contributed by atoms with van der Waals surface area (Å²) in [6.45, 7) is 7.99. The molecule has 2 heterocycles. The van der Waals surface area contributed by atoms with Crippen molar-refractivity contribution in [1.29, 1.82) is 0 Å². The second kappa shape index (κ2) is 6.07. The molecule has 2 atom stereocenters. The first kappa shape index (κ1) is 17.8. The van der Waals surface area contributed by atoms with E-state index in [1.54, 1.807) is 26.2 Å². The van der Waals surface area contributed by atoms with Gasteiger partial charge in [-0.15, -0.1) is 0 Å². The zero-order valence-corrected chi connectivity index (χ0v) is 15.9. The molecule has 1 aromatic rings. The number of fused-ring (bicyclic) bond motifs is 2. The molecule has 1 saturated carbocycles. The Morgan fingerprint density at radius 2 is 2.00 bits per heavy atom. The van der Waals surface area contributed by atoms with Crippen molar-refractivity contribution >= 4 is 11.9 Å². The zero-order chi connectivity index (χ0) is 18.4. The van der Waals surface area contributed by atoms with E-state index >= 15 is 0 Å². The van der Waals surface area contributed by atoms with Gasteiger partial charge in [0.15, 0.2) is 5.76 Å². The van der Waals surface area contributed by atoms with Gasteiger partial charge in [0.25, 0.3) is 5.91 Å². The number of amides is 3. The lowest BCUT2D eigenvalue weighted by Gasteiger charge is -2.39. The number of rotatable bonds is 3. The number of hydrogen-bond acceptors (Lipinski definition) is 3. The normalized spacial score (nSPS) is 27.2. The molecular formula is C19H29N3O3. The molecule has 1 aliphatic heterocycles. The van der Waals surface area contributed by atoms with Gasteiger partial charge in [0.1, 0.15) is 5.76 Å². The maximum atomic E-state index is 12.7. The molecule has 6 heteroatoms. The summed E-state index contributed by atoms with van der Waals surface area (Å²) in [5.41, 5.74) is 0.509. The highest BCUT2D eigenvalue weighted by atomic mass is 16.4. The van der Waals surface area contributed by atoms with Gasteiger partial charge in [-0.3, -0.25) is 4.79 Å². The molecule has 0 spiro atoms. The van der Waals surface area contributed by atoms with Crippen LogP contribution in [0.3, 0.4) is 0 Å². The quantitative estimate of drug-likeness (QED) is 0.914. The van der Waals surface area contributed by atoms with Crippen molar-refractivity contribution in [2.24, 2.45) is 10.8 Å². The molecule has 0 radical (unpaired) electrons. The van der Waals surface area contributed by atoms with Crippen molar-refractivity contribution in [1.82, 2.24) is 15.1 Å². The van der Waals surface area contributed by atoms with E-state index in [0.29, 0.717) is 24.1 Å². The number of hydrogen-bond donors (Lipinski definition) is 1. The second-order valence-corrected chi connectivity index (χ2v) is 8.97. The molecule has 1 aromatic heterocycles. The molecule has 0 unspecified atom stereocenters. The van der Waals surface area contributed by atoms with Crippen molar-refractivity contribution in [3.63, 3.8) is 0 Å². The Kier molecular flexibility index (Phi) is 4.33. The van der Waals surface area contributed by atoms with Gasteiger partial charge in [-0.2, -0.15) is 0 Å². The number of furan rings is 1. The summed E-state index contributed by atoms with van der Waals surface area (Å²) in [6.07, 6.45) is 3.30. The number of nitrogens with one attached hydrogen (secondary N) is 1. The van der Waals surface area contributed by atoms with Crippen LogP contribution in [0.15, 0.2) is 16.5 Å². The first-order valence-corrected chi connectivity index (χ1v) is 8.93. The van der Waals surface area contributed by atoms with Crippen LogP contribution in [0.5, 0.6) is 0 Å². The van der Waals surface area contributed by atoms with Gasteiger partial charge in [0.05, 0.1) is 6.54 Å². The van der Waals surface area contributed by atoms with Crippen LogP contribution in [0, 0.1) is 10.8 Å². The molecule has 6 nitrogen and oxygen atoms in total. The molecule has 3 rings (SSSR count). The minimum Gasteiger partial charge on any atom is -0.454 e. The Morgan fingerprint density at radius 3 is 2.68 bits per heavy atom. The largest absolute Gasteiger partial charge is 0.454 e. The predicted octanol–water partition coefficient (Wildman–Crippen LogP) is 3.09. The van der Waals surface area contributed by atoms with Gasteiger partial charge in [0.2, 0.25) is 0 Å². The summed E-state index contributed by atoms with van der Waals surface area (Å²) >= 11 is 0. The average Bonchev–Trinajstić information content (AvgIpc) is 3.05. The molecule has 3 amide bonds. The molecule has 2 fully saturated rings. The molecule has 2 bridgehead atoms. The van der Waals surface area contributed by atoms with Gasteiger partial charge in [-0.25, -0.2) is 4.79 Å². The third kappa shape index (κ3) is 3.67. The maximum absolute atomic E-state index is 12.7. The lowest BCUT2D eigenvalue weighted by atomic mass is 9.65. The van der Waals surface area contributed by atoms with Crippen molar-refractivity contribution in [2.75, 3.05) is 20.6 Å². The van der Waals surface area contributed by atoms with Crippen molar-refractivity contribution < 1.29 is 14.0 Å². The minimum absolute atomic E-state index is 0.0386. The number of carbonyl (C=O) groups excluding carboxylic acids is 2. The highest BCUT2D eigenvalue weighted by molar-refractivity contribution is 5.91. The van der Waals surface area contributed by atoms with Gasteiger partial charge in [-0.05, 0) is 42.2 Å². The standard InChI is InChI=1S/C19H29N3O3/c1-18(2)8-13-9-19(3,11-18)12-22(13)17(24)20-10-14-6-7-15(25-14)16(23)21(4)5/h6-7,13H,8-12H2,1-5H3,(H,20,24)/t13-,19-/m1/s1. The van der Waals surface area contributed by atoms with Gasteiger partial charge in [-0.1, -0.05) is 20.8 Å². The van der Waals surface area contributed by atoms with Crippen LogP contribution in [0.1, 0.15) is 56.3 Å². The fourth-order valence-electron chi connectivity index (χ4n) is 4.77. The number of nitrogens with zero attached hydrogens (tertiary/aromatic N) is 2. The van der Waals surface area contributed by atoms with Crippen molar-refractivity contribution in [2.45, 2.75) is 52.6 Å². The third-order valence-corrected chi connectivity index (χ3v) is 5.37. The van der Waals surface area contributed by atoms with E-state index in [1.165, 1.54) is 4.90 Å². The Bertz CT molecular complexity index is 679. The monoisotopic (exact) mass is 347 g/mol. The SMILES string of the molecule is CN(C)C(=O)c1ccc(CNC(=O)N2C[C@]3(C)C[C@H]2CC(C)(C)C3)o1. The molecule has 1 saturated heterocycles. The van der Waals surface area contributed by atoms with Crippen molar-refractivity contribution in [3.8, 4) is 0 Å². The second-order valence-electron chi connectivity index (χ2n) is 8.97. The van der Waals surface area contributed by atoms with E-state index in [2.05, 4.69) is 26.1 Å². The van der Waals surface area contributed by atoms with E-state index in [0.717, 1.165) is 25.8 Å². The fraction of sp³-hybridized carbons (Fsp3) is 0.684. The molecule has 2 aliphatic rings. The fourth-order valence-corrected chi connectivity index (χ4v) is 4.77. The van der Waals surface area contributed by atoms with Gasteiger partial charge >= 0.3 is 6.03 Å². The molecule has 25 heavy (non-hydrogen) atoms. The average molecular weight is 347 g/mol. The van der Waals surface area contributed by atoms with E-state index in [1.807, 2.05) is 4.90 Å². The lowest BCUT2D eigenvalue weighted by molar-refractivity contribution is 0.0794. The molecular weight excluding hydrogens is 318 g/mol. The Morgan fingerprint density at radius 1 is 1.28 bits per heavy atom. The molecule has 138 valence electrons. The third-order valence-electron chi connectivity index (χ3n) is 5.37. The summed E-state index contributed by atoms with van der Waals surface area (Å²) in [5, 5.41) is 2.95. The lowest BCUT2D eigenvalue weighted by Crippen LogP contribution is -2.43. The summed E-state index contributed by atoms with van der Waals surface area (Å²) in [6, 6.07) is 3.67. The summed E-state index contributed by atoms with van der Waals surface area (Å²) in [4.78, 5) is 28.0. The van der Waals surface area contributed by atoms with Crippen LogP contribution >= 0.6 is 0 Å². The highest BCUT2D eigenvalue weighted by Gasteiger charge is 2.50. The van der Waals surface area contributed by atoms with Crippen LogP contribution in [0.2, 0.25) is 0 Å². The first-order chi connectivity index (χ1) is 11.6. The Balaban J connectivity index is 1.60. The maximum Gasteiger partial charge on any atom is 0.318 e. The zero-order valence-electron chi connectivity index (χ0n) is 15.9. The number of carbonyl (C=O) groups is 2. The molecule has 1 aliphatic carbocycles. The van der Waals surface area contributed by atoms with E-state index < -0.39 is 0 Å².